The Balaban J connectivity index is 1.77. The lowest BCUT2D eigenvalue weighted by Gasteiger charge is -2.12. The number of hydrogen-bond acceptors (Lipinski definition) is 7. The first-order chi connectivity index (χ1) is 16.7. The summed E-state index contributed by atoms with van der Waals surface area (Å²) < 4.78 is 6.82. The highest BCUT2D eigenvalue weighted by molar-refractivity contribution is 9.11. The number of benzene rings is 3. The maximum Gasteiger partial charge on any atom is 0.271 e. The van der Waals surface area contributed by atoms with Crippen LogP contribution in [0.25, 0.3) is 6.08 Å². The molecule has 0 atom stereocenters. The molecule has 0 saturated heterocycles. The van der Waals surface area contributed by atoms with Crippen molar-refractivity contribution in [2.75, 3.05) is 5.32 Å². The third-order valence-corrected chi connectivity index (χ3v) is 5.69. The molecule has 1 amide bonds. The largest absolute Gasteiger partial charge is 0.487 e. The third kappa shape index (κ3) is 6.72. The molecule has 0 bridgehead atoms. The minimum Gasteiger partial charge on any atom is -0.487 e. The van der Waals surface area contributed by atoms with Gasteiger partial charge in [0.25, 0.3) is 17.3 Å². The summed E-state index contributed by atoms with van der Waals surface area (Å²) in [5.74, 6) is -0.306. The average molecular weight is 602 g/mol. The van der Waals surface area contributed by atoms with Gasteiger partial charge in [-0.3, -0.25) is 25.0 Å². The number of carbonyl (C=O) groups excluding carboxylic acids is 1. The van der Waals surface area contributed by atoms with Crippen LogP contribution in [0, 0.1) is 31.6 Å². The van der Waals surface area contributed by atoms with Gasteiger partial charge in [0, 0.05) is 30.0 Å². The molecule has 0 fully saturated rings. The van der Waals surface area contributed by atoms with Crippen LogP contribution in [0.1, 0.15) is 11.1 Å². The number of nitro groups is 2. The van der Waals surface area contributed by atoms with Gasteiger partial charge < -0.3 is 10.1 Å². The second-order valence-electron chi connectivity index (χ2n) is 6.96. The Labute approximate surface area is 215 Å². The number of carbonyl (C=O) groups is 1. The lowest BCUT2D eigenvalue weighted by atomic mass is 10.1. The fourth-order valence-corrected chi connectivity index (χ4v) is 4.38. The van der Waals surface area contributed by atoms with Gasteiger partial charge in [0.15, 0.2) is 0 Å². The maximum atomic E-state index is 12.5. The van der Waals surface area contributed by atoms with Gasteiger partial charge in [-0.15, -0.1) is 0 Å². The van der Waals surface area contributed by atoms with Crippen LogP contribution in [0.5, 0.6) is 5.75 Å². The molecule has 0 aliphatic carbocycles. The van der Waals surface area contributed by atoms with E-state index >= 15 is 0 Å². The minimum absolute atomic E-state index is 0.0443. The van der Waals surface area contributed by atoms with Crippen molar-refractivity contribution in [1.82, 2.24) is 0 Å². The van der Waals surface area contributed by atoms with Gasteiger partial charge in [0.05, 0.1) is 18.8 Å². The van der Waals surface area contributed by atoms with Crippen molar-refractivity contribution in [2.24, 2.45) is 0 Å². The zero-order valence-corrected chi connectivity index (χ0v) is 20.8. The fourth-order valence-electron chi connectivity index (χ4n) is 2.93. The number of halogens is 2. The molecule has 0 unspecified atom stereocenters. The van der Waals surface area contributed by atoms with Crippen molar-refractivity contribution >= 4 is 60.9 Å². The number of hydrogen-bond donors (Lipinski definition) is 1. The fraction of sp³-hybridized carbons (Fsp3) is 0.0435. The highest BCUT2D eigenvalue weighted by Crippen LogP contribution is 2.36. The van der Waals surface area contributed by atoms with Crippen molar-refractivity contribution in [2.45, 2.75) is 6.61 Å². The summed E-state index contributed by atoms with van der Waals surface area (Å²) in [6.07, 6.45) is 1.35. The molecule has 35 heavy (non-hydrogen) atoms. The molecule has 0 heterocycles. The van der Waals surface area contributed by atoms with Crippen LogP contribution in [0.15, 0.2) is 75.2 Å². The molecule has 1 N–H and O–H groups in total. The molecule has 0 spiro atoms. The quantitative estimate of drug-likeness (QED) is 0.141. The number of anilines is 1. The highest BCUT2D eigenvalue weighted by Gasteiger charge is 2.15. The monoisotopic (exact) mass is 600 g/mol. The smallest absolute Gasteiger partial charge is 0.271 e. The molecule has 12 heteroatoms. The predicted octanol–water partition coefficient (Wildman–Crippen LogP) is 6.15. The van der Waals surface area contributed by atoms with E-state index in [1.807, 2.05) is 6.07 Å². The minimum atomic E-state index is -0.730. The molecule has 0 radical (unpaired) electrons. The number of amides is 1. The van der Waals surface area contributed by atoms with E-state index in [1.54, 1.807) is 24.3 Å². The van der Waals surface area contributed by atoms with Gasteiger partial charge in [0.2, 0.25) is 0 Å². The van der Waals surface area contributed by atoms with Crippen LogP contribution in [0.3, 0.4) is 0 Å². The third-order valence-electron chi connectivity index (χ3n) is 4.52. The van der Waals surface area contributed by atoms with E-state index in [0.29, 0.717) is 25.8 Å². The van der Waals surface area contributed by atoms with E-state index in [0.717, 1.165) is 0 Å². The number of nitro benzene ring substituents is 2. The van der Waals surface area contributed by atoms with Crippen LogP contribution < -0.4 is 10.1 Å². The summed E-state index contributed by atoms with van der Waals surface area (Å²) >= 11 is 6.79. The number of ether oxygens (including phenoxy) is 1. The normalized spacial score (nSPS) is 10.8. The van der Waals surface area contributed by atoms with Crippen LogP contribution in [-0.4, -0.2) is 15.8 Å². The molecule has 0 aromatic heterocycles. The number of nitrogens with one attached hydrogen (secondary N) is 1. The Hall–Kier alpha value is -4.08. The lowest BCUT2D eigenvalue weighted by Crippen LogP contribution is -2.13. The molecular formula is C23H14Br2N4O6. The number of non-ortho nitro benzene ring substituents is 2. The summed E-state index contributed by atoms with van der Waals surface area (Å²) in [5.41, 5.74) is 0.818. The van der Waals surface area contributed by atoms with Crippen LogP contribution >= 0.6 is 31.9 Å². The van der Waals surface area contributed by atoms with Crippen LogP contribution in [0.2, 0.25) is 0 Å². The first-order valence-electron chi connectivity index (χ1n) is 9.70. The van der Waals surface area contributed by atoms with Crippen molar-refractivity contribution in [3.8, 4) is 11.8 Å². The van der Waals surface area contributed by atoms with E-state index in [9.17, 15) is 30.3 Å². The summed E-state index contributed by atoms with van der Waals surface area (Å²) in [7, 11) is 0. The van der Waals surface area contributed by atoms with Crippen molar-refractivity contribution in [1.29, 1.82) is 5.26 Å². The SMILES string of the molecule is N#C/C(=C\c1cc(Br)c(OCc2cccc([N+](=O)[O-])c2)c(Br)c1)C(=O)Nc1cccc([N+](=O)[O-])c1. The van der Waals surface area contributed by atoms with Gasteiger partial charge in [-0.1, -0.05) is 18.2 Å². The molecule has 0 aliphatic rings. The van der Waals surface area contributed by atoms with E-state index in [4.69, 9.17) is 4.74 Å². The maximum absolute atomic E-state index is 12.5. The standard InChI is InChI=1S/C23H14Br2N4O6/c24-20-9-15(7-16(12-26)23(30)27-17-4-2-6-19(11-17)29(33)34)10-21(25)22(20)35-13-14-3-1-5-18(8-14)28(31)32/h1-11H,13H2,(H,27,30)/b16-7+. The van der Waals surface area contributed by atoms with Gasteiger partial charge >= 0.3 is 0 Å². The first kappa shape index (κ1) is 25.5. The topological polar surface area (TPSA) is 148 Å². The summed E-state index contributed by atoms with van der Waals surface area (Å²) in [4.78, 5) is 33.3. The molecule has 0 aliphatic heterocycles. The van der Waals surface area contributed by atoms with E-state index in [2.05, 4.69) is 37.2 Å². The zero-order valence-electron chi connectivity index (χ0n) is 17.6. The molecule has 0 saturated carbocycles. The average Bonchev–Trinajstić information content (AvgIpc) is 2.82. The zero-order chi connectivity index (χ0) is 25.5. The summed E-state index contributed by atoms with van der Waals surface area (Å²) in [6, 6.07) is 16.5. The second kappa shape index (κ2) is 11.4. The van der Waals surface area contributed by atoms with Gasteiger partial charge in [-0.05, 0) is 67.3 Å². The molecule has 3 aromatic carbocycles. The van der Waals surface area contributed by atoms with Gasteiger partial charge in [0.1, 0.15) is 24.0 Å². The van der Waals surface area contributed by atoms with Gasteiger partial charge in [-0.25, -0.2) is 0 Å². The summed E-state index contributed by atoms with van der Waals surface area (Å²) in [6.45, 7) is 0.0725. The van der Waals surface area contributed by atoms with Crippen molar-refractivity contribution in [3.05, 3.63) is 107 Å². The summed E-state index contributed by atoms with van der Waals surface area (Å²) in [5, 5.41) is 33.8. The molecular weight excluding hydrogens is 588 g/mol. The van der Waals surface area contributed by atoms with Gasteiger partial charge in [-0.2, -0.15) is 5.26 Å². The second-order valence-corrected chi connectivity index (χ2v) is 8.67. The lowest BCUT2D eigenvalue weighted by molar-refractivity contribution is -0.385. The highest BCUT2D eigenvalue weighted by atomic mass is 79.9. The Morgan fingerprint density at radius 3 is 2.20 bits per heavy atom. The Kier molecular flexibility index (Phi) is 8.30. The number of rotatable bonds is 8. The van der Waals surface area contributed by atoms with E-state index < -0.39 is 15.8 Å². The Bertz CT molecular complexity index is 1380. The van der Waals surface area contributed by atoms with Crippen LogP contribution in [-0.2, 0) is 11.4 Å². The molecule has 3 aromatic rings. The molecule has 176 valence electrons. The molecule has 3 rings (SSSR count). The Morgan fingerprint density at radius 2 is 1.60 bits per heavy atom. The molecule has 10 nitrogen and oxygen atoms in total. The Morgan fingerprint density at radius 1 is 1.00 bits per heavy atom. The van der Waals surface area contributed by atoms with Crippen molar-refractivity contribution in [3.63, 3.8) is 0 Å². The van der Waals surface area contributed by atoms with E-state index in [1.165, 1.54) is 42.5 Å². The van der Waals surface area contributed by atoms with E-state index in [-0.39, 0.29) is 29.2 Å². The van der Waals surface area contributed by atoms with Crippen molar-refractivity contribution < 1.29 is 19.4 Å². The number of nitriles is 1. The predicted molar refractivity (Wildman–Crippen MR) is 135 cm³/mol. The van der Waals surface area contributed by atoms with Crippen LogP contribution in [0.4, 0.5) is 17.1 Å². The first-order valence-corrected chi connectivity index (χ1v) is 11.3. The number of nitrogens with zero attached hydrogens (tertiary/aromatic N) is 3.